The second-order valence-corrected chi connectivity index (χ2v) is 6.92. The van der Waals surface area contributed by atoms with Gasteiger partial charge >= 0.3 is 0 Å². The van der Waals surface area contributed by atoms with Gasteiger partial charge in [0.2, 0.25) is 5.91 Å². The van der Waals surface area contributed by atoms with Gasteiger partial charge in [-0.15, -0.1) is 11.3 Å². The number of aromatic nitrogens is 1. The van der Waals surface area contributed by atoms with Crippen LogP contribution in [0, 0.1) is 0 Å². The Balaban J connectivity index is 1.48. The summed E-state index contributed by atoms with van der Waals surface area (Å²) in [6.45, 7) is 0.801. The Morgan fingerprint density at radius 1 is 1.07 bits per heavy atom. The number of thiazole rings is 1. The zero-order valence-electron chi connectivity index (χ0n) is 15.8. The summed E-state index contributed by atoms with van der Waals surface area (Å²) in [5, 5.41) is 5.63. The summed E-state index contributed by atoms with van der Waals surface area (Å²) < 4.78 is 16.2. The van der Waals surface area contributed by atoms with Gasteiger partial charge in [0.1, 0.15) is 17.4 Å². The van der Waals surface area contributed by atoms with E-state index in [0.717, 1.165) is 22.0 Å². The first kappa shape index (κ1) is 19.7. The van der Waals surface area contributed by atoms with Crippen LogP contribution in [0.3, 0.4) is 0 Å². The number of hydrogen-bond donors (Lipinski definition) is 1. The molecule has 3 aromatic rings. The third-order valence-electron chi connectivity index (χ3n) is 3.98. The molecule has 1 heterocycles. The Hall–Kier alpha value is -3.06. The fraction of sp³-hybridized carbons (Fsp3) is 0.238. The lowest BCUT2D eigenvalue weighted by atomic mass is 10.2. The number of hydrogen-bond acceptors (Lipinski definition) is 6. The van der Waals surface area contributed by atoms with Gasteiger partial charge in [-0.1, -0.05) is 24.3 Å². The molecule has 6 nitrogen and oxygen atoms in total. The molecule has 0 saturated heterocycles. The normalized spacial score (nSPS) is 10.4. The van der Waals surface area contributed by atoms with Crippen molar-refractivity contribution in [2.75, 3.05) is 14.2 Å². The average Bonchev–Trinajstić information content (AvgIpc) is 3.18. The number of rotatable bonds is 9. The minimum Gasteiger partial charge on any atom is -0.493 e. The molecule has 0 saturated carbocycles. The van der Waals surface area contributed by atoms with Gasteiger partial charge < -0.3 is 19.5 Å². The van der Waals surface area contributed by atoms with Crippen LogP contribution in [0.4, 0.5) is 0 Å². The number of carbonyl (C=O) groups excluding carboxylic acids is 1. The fourth-order valence-corrected chi connectivity index (χ4v) is 3.28. The summed E-state index contributed by atoms with van der Waals surface area (Å²) >= 11 is 1.49. The summed E-state index contributed by atoms with van der Waals surface area (Å²) in [7, 11) is 3.17. The van der Waals surface area contributed by atoms with E-state index < -0.39 is 0 Å². The maximum Gasteiger partial charge on any atom is 0.226 e. The summed E-state index contributed by atoms with van der Waals surface area (Å²) in [6, 6.07) is 15.1. The lowest BCUT2D eigenvalue weighted by Crippen LogP contribution is -2.24. The molecule has 0 aliphatic rings. The fourth-order valence-electron chi connectivity index (χ4n) is 2.58. The predicted molar refractivity (Wildman–Crippen MR) is 108 cm³/mol. The molecule has 0 bridgehead atoms. The summed E-state index contributed by atoms with van der Waals surface area (Å²) in [5.74, 6) is 2.00. The molecule has 0 atom stereocenters. The van der Waals surface area contributed by atoms with Gasteiger partial charge in [0.05, 0.1) is 26.3 Å². The smallest absolute Gasteiger partial charge is 0.226 e. The van der Waals surface area contributed by atoms with Gasteiger partial charge in [-0.3, -0.25) is 4.79 Å². The van der Waals surface area contributed by atoms with Crippen LogP contribution in [0.25, 0.3) is 0 Å². The van der Waals surface area contributed by atoms with Gasteiger partial charge in [0, 0.05) is 11.9 Å². The Kier molecular flexibility index (Phi) is 6.86. The highest BCUT2D eigenvalue weighted by atomic mass is 32.1. The monoisotopic (exact) mass is 398 g/mol. The Morgan fingerprint density at radius 2 is 1.86 bits per heavy atom. The number of nitrogens with one attached hydrogen (secondary N) is 1. The van der Waals surface area contributed by atoms with Crippen molar-refractivity contribution in [3.05, 3.63) is 70.2 Å². The number of para-hydroxylation sites is 1. The number of carbonyl (C=O) groups is 1. The lowest BCUT2D eigenvalue weighted by Gasteiger charge is -2.10. The molecule has 2 aromatic carbocycles. The molecule has 0 unspecified atom stereocenters. The van der Waals surface area contributed by atoms with Crippen LogP contribution in [0.5, 0.6) is 17.2 Å². The van der Waals surface area contributed by atoms with Crippen molar-refractivity contribution in [3.63, 3.8) is 0 Å². The number of amides is 1. The van der Waals surface area contributed by atoms with Gasteiger partial charge in [0.15, 0.2) is 11.5 Å². The molecular weight excluding hydrogens is 376 g/mol. The zero-order valence-corrected chi connectivity index (χ0v) is 16.6. The standard InChI is InChI=1S/C21H22N2O4S/c1-25-18-9-8-15(10-19(18)26-2)12-22-20(24)11-16-14-28-21(23-16)13-27-17-6-4-3-5-7-17/h3-10,14H,11-13H2,1-2H3,(H,22,24). The van der Waals surface area contributed by atoms with Crippen molar-refractivity contribution < 1.29 is 19.0 Å². The molecule has 7 heteroatoms. The molecule has 3 rings (SSSR count). The van der Waals surface area contributed by atoms with E-state index in [0.29, 0.717) is 24.7 Å². The van der Waals surface area contributed by atoms with E-state index in [2.05, 4.69) is 10.3 Å². The number of nitrogens with zero attached hydrogens (tertiary/aromatic N) is 1. The SMILES string of the molecule is COc1ccc(CNC(=O)Cc2csc(COc3ccccc3)n2)cc1OC. The van der Waals surface area contributed by atoms with Crippen LogP contribution in [-0.2, 0) is 24.4 Å². The third kappa shape index (κ3) is 5.47. The van der Waals surface area contributed by atoms with Crippen LogP contribution in [0.15, 0.2) is 53.9 Å². The first-order valence-corrected chi connectivity index (χ1v) is 9.64. The first-order valence-electron chi connectivity index (χ1n) is 8.76. The molecule has 1 N–H and O–H groups in total. The second kappa shape index (κ2) is 9.75. The lowest BCUT2D eigenvalue weighted by molar-refractivity contribution is -0.120. The number of ether oxygens (including phenoxy) is 3. The van der Waals surface area contributed by atoms with Crippen molar-refractivity contribution in [1.29, 1.82) is 0 Å². The minimum absolute atomic E-state index is 0.0874. The van der Waals surface area contributed by atoms with Gasteiger partial charge in [-0.05, 0) is 29.8 Å². The highest BCUT2D eigenvalue weighted by molar-refractivity contribution is 7.09. The van der Waals surface area contributed by atoms with Crippen molar-refractivity contribution in [2.45, 2.75) is 19.6 Å². The van der Waals surface area contributed by atoms with Crippen molar-refractivity contribution in [2.24, 2.45) is 0 Å². The molecule has 0 aliphatic carbocycles. The molecule has 1 aromatic heterocycles. The largest absolute Gasteiger partial charge is 0.493 e. The molecule has 1 amide bonds. The highest BCUT2D eigenvalue weighted by Crippen LogP contribution is 2.27. The van der Waals surface area contributed by atoms with E-state index in [-0.39, 0.29) is 12.3 Å². The van der Waals surface area contributed by atoms with E-state index >= 15 is 0 Å². The van der Waals surface area contributed by atoms with Crippen molar-refractivity contribution >= 4 is 17.2 Å². The minimum atomic E-state index is -0.0874. The first-order chi connectivity index (χ1) is 13.7. The van der Waals surface area contributed by atoms with E-state index in [4.69, 9.17) is 14.2 Å². The van der Waals surface area contributed by atoms with Crippen LogP contribution >= 0.6 is 11.3 Å². The Morgan fingerprint density at radius 3 is 2.61 bits per heavy atom. The van der Waals surface area contributed by atoms with Gasteiger partial charge in [-0.2, -0.15) is 0 Å². The third-order valence-corrected chi connectivity index (χ3v) is 4.86. The van der Waals surface area contributed by atoms with Gasteiger partial charge in [-0.25, -0.2) is 4.98 Å². The number of benzene rings is 2. The maximum absolute atomic E-state index is 12.2. The van der Waals surface area contributed by atoms with E-state index in [1.807, 2.05) is 53.9 Å². The molecule has 0 fully saturated rings. The molecule has 146 valence electrons. The van der Waals surface area contributed by atoms with E-state index in [1.165, 1.54) is 11.3 Å². The Labute approximate surface area is 168 Å². The quantitative estimate of drug-likeness (QED) is 0.596. The van der Waals surface area contributed by atoms with Crippen LogP contribution in [-0.4, -0.2) is 25.1 Å². The van der Waals surface area contributed by atoms with Gasteiger partial charge in [0.25, 0.3) is 0 Å². The topological polar surface area (TPSA) is 69.7 Å². The summed E-state index contributed by atoms with van der Waals surface area (Å²) in [6.07, 6.45) is 0.231. The number of methoxy groups -OCH3 is 2. The van der Waals surface area contributed by atoms with Crippen LogP contribution < -0.4 is 19.5 Å². The van der Waals surface area contributed by atoms with Crippen molar-refractivity contribution in [3.8, 4) is 17.2 Å². The molecule has 0 radical (unpaired) electrons. The van der Waals surface area contributed by atoms with E-state index in [9.17, 15) is 4.79 Å². The molecule has 0 aliphatic heterocycles. The molecule has 28 heavy (non-hydrogen) atoms. The van der Waals surface area contributed by atoms with Crippen LogP contribution in [0.1, 0.15) is 16.3 Å². The summed E-state index contributed by atoms with van der Waals surface area (Å²) in [4.78, 5) is 16.7. The Bertz CT molecular complexity index is 912. The summed E-state index contributed by atoms with van der Waals surface area (Å²) in [5.41, 5.74) is 1.67. The predicted octanol–water partition coefficient (Wildman–Crippen LogP) is 3.60. The van der Waals surface area contributed by atoms with Crippen molar-refractivity contribution in [1.82, 2.24) is 10.3 Å². The second-order valence-electron chi connectivity index (χ2n) is 5.98. The zero-order chi connectivity index (χ0) is 19.8. The van der Waals surface area contributed by atoms with E-state index in [1.54, 1.807) is 14.2 Å². The van der Waals surface area contributed by atoms with Crippen LogP contribution in [0.2, 0.25) is 0 Å². The highest BCUT2D eigenvalue weighted by Gasteiger charge is 2.10. The average molecular weight is 398 g/mol. The molecule has 0 spiro atoms. The molecular formula is C21H22N2O4S. The maximum atomic E-state index is 12.2.